The van der Waals surface area contributed by atoms with Crippen molar-refractivity contribution in [3.05, 3.63) is 38.7 Å². The van der Waals surface area contributed by atoms with Crippen LogP contribution in [0.2, 0.25) is 0 Å². The molecule has 1 saturated carbocycles. The van der Waals surface area contributed by atoms with Crippen LogP contribution in [0.4, 0.5) is 0 Å². The van der Waals surface area contributed by atoms with Crippen molar-refractivity contribution in [1.82, 2.24) is 14.1 Å². The quantitative estimate of drug-likeness (QED) is 0.794. The second kappa shape index (κ2) is 4.89. The standard InChI is InChI=1S/C15H19N3O2/c1-17-13-11(14(19)18(2)15(17)20)8-9-12(16-13)10-6-4-3-5-7-10/h8-10H,3-7H2,1-2H3. The van der Waals surface area contributed by atoms with Crippen molar-refractivity contribution in [3.63, 3.8) is 0 Å². The molecule has 0 radical (unpaired) electrons. The van der Waals surface area contributed by atoms with Crippen LogP contribution in [0.3, 0.4) is 0 Å². The van der Waals surface area contributed by atoms with E-state index in [1.165, 1.54) is 30.9 Å². The Morgan fingerprint density at radius 3 is 2.45 bits per heavy atom. The molecule has 2 aromatic rings. The molecule has 3 rings (SSSR count). The van der Waals surface area contributed by atoms with Gasteiger partial charge in [0.1, 0.15) is 5.65 Å². The van der Waals surface area contributed by atoms with Crippen LogP contribution in [0.5, 0.6) is 0 Å². The van der Waals surface area contributed by atoms with Crippen LogP contribution in [0.25, 0.3) is 11.0 Å². The van der Waals surface area contributed by atoms with Gasteiger partial charge < -0.3 is 0 Å². The summed E-state index contributed by atoms with van der Waals surface area (Å²) < 4.78 is 2.59. The van der Waals surface area contributed by atoms with E-state index in [4.69, 9.17) is 0 Å². The van der Waals surface area contributed by atoms with E-state index in [-0.39, 0.29) is 11.2 Å². The smallest absolute Gasteiger partial charge is 0.280 e. The van der Waals surface area contributed by atoms with Gasteiger partial charge in [-0.25, -0.2) is 9.78 Å². The van der Waals surface area contributed by atoms with E-state index in [1.807, 2.05) is 12.1 Å². The third kappa shape index (κ3) is 1.97. The minimum Gasteiger partial charge on any atom is -0.280 e. The maximum absolute atomic E-state index is 12.1. The lowest BCUT2D eigenvalue weighted by Gasteiger charge is -2.21. The molecular formula is C15H19N3O2. The van der Waals surface area contributed by atoms with Crippen molar-refractivity contribution < 1.29 is 0 Å². The number of aromatic nitrogens is 3. The zero-order chi connectivity index (χ0) is 14.3. The zero-order valence-electron chi connectivity index (χ0n) is 11.9. The fraction of sp³-hybridized carbons (Fsp3) is 0.533. The largest absolute Gasteiger partial charge is 0.332 e. The molecule has 5 heteroatoms. The minimum atomic E-state index is -0.323. The minimum absolute atomic E-state index is 0.272. The van der Waals surface area contributed by atoms with Crippen LogP contribution in [0.1, 0.15) is 43.7 Å². The molecule has 1 aliphatic rings. The van der Waals surface area contributed by atoms with Crippen LogP contribution >= 0.6 is 0 Å². The van der Waals surface area contributed by atoms with Crippen molar-refractivity contribution in [2.45, 2.75) is 38.0 Å². The van der Waals surface area contributed by atoms with Crippen LogP contribution in [0, 0.1) is 0 Å². The molecule has 0 atom stereocenters. The molecule has 0 bridgehead atoms. The van der Waals surface area contributed by atoms with Crippen molar-refractivity contribution in [2.24, 2.45) is 14.1 Å². The molecule has 1 fully saturated rings. The molecule has 0 aliphatic heterocycles. The predicted molar refractivity (Wildman–Crippen MR) is 78.1 cm³/mol. The number of pyridine rings is 1. The second-order valence-electron chi connectivity index (χ2n) is 5.65. The number of hydrogen-bond acceptors (Lipinski definition) is 3. The average Bonchev–Trinajstić information content (AvgIpc) is 2.51. The molecule has 20 heavy (non-hydrogen) atoms. The Morgan fingerprint density at radius 1 is 1.05 bits per heavy atom. The number of hydrogen-bond donors (Lipinski definition) is 0. The molecule has 0 spiro atoms. The van der Waals surface area contributed by atoms with Crippen LogP contribution < -0.4 is 11.2 Å². The first-order valence-corrected chi connectivity index (χ1v) is 7.16. The van der Waals surface area contributed by atoms with Crippen molar-refractivity contribution in [1.29, 1.82) is 0 Å². The topological polar surface area (TPSA) is 56.9 Å². The maximum Gasteiger partial charge on any atom is 0.332 e. The summed E-state index contributed by atoms with van der Waals surface area (Å²) in [6, 6.07) is 3.76. The van der Waals surface area contributed by atoms with Crippen molar-refractivity contribution in [3.8, 4) is 0 Å². The third-order valence-electron chi connectivity index (χ3n) is 4.35. The van der Waals surface area contributed by atoms with E-state index >= 15 is 0 Å². The highest BCUT2D eigenvalue weighted by Gasteiger charge is 2.18. The van der Waals surface area contributed by atoms with E-state index in [0.717, 1.165) is 23.1 Å². The van der Waals surface area contributed by atoms with Gasteiger partial charge in [0.2, 0.25) is 0 Å². The number of rotatable bonds is 1. The molecule has 106 valence electrons. The lowest BCUT2D eigenvalue weighted by molar-refractivity contribution is 0.437. The summed E-state index contributed by atoms with van der Waals surface area (Å²) in [6.07, 6.45) is 6.07. The van der Waals surface area contributed by atoms with Gasteiger partial charge in [0.15, 0.2) is 0 Å². The average molecular weight is 273 g/mol. The van der Waals surface area contributed by atoms with Gasteiger partial charge in [0, 0.05) is 25.7 Å². The Morgan fingerprint density at radius 2 is 1.75 bits per heavy atom. The van der Waals surface area contributed by atoms with Gasteiger partial charge in [0.05, 0.1) is 5.39 Å². The van der Waals surface area contributed by atoms with Crippen molar-refractivity contribution >= 4 is 11.0 Å². The maximum atomic E-state index is 12.1. The fourth-order valence-electron chi connectivity index (χ4n) is 3.09. The molecule has 0 saturated heterocycles. The van der Waals surface area contributed by atoms with Gasteiger partial charge >= 0.3 is 5.69 Å². The summed E-state index contributed by atoms with van der Waals surface area (Å²) in [5.41, 5.74) is 0.920. The lowest BCUT2D eigenvalue weighted by atomic mass is 9.86. The summed E-state index contributed by atoms with van der Waals surface area (Å²) in [6.45, 7) is 0. The molecular weight excluding hydrogens is 254 g/mol. The summed E-state index contributed by atoms with van der Waals surface area (Å²) in [5.74, 6) is 0.465. The van der Waals surface area contributed by atoms with Gasteiger partial charge in [-0.2, -0.15) is 0 Å². The molecule has 1 aliphatic carbocycles. The van der Waals surface area contributed by atoms with Crippen LogP contribution in [-0.4, -0.2) is 14.1 Å². The van der Waals surface area contributed by atoms with Gasteiger partial charge in [-0.3, -0.25) is 13.9 Å². The van der Waals surface area contributed by atoms with E-state index in [1.54, 1.807) is 7.05 Å². The summed E-state index contributed by atoms with van der Waals surface area (Å²) in [4.78, 5) is 28.7. The van der Waals surface area contributed by atoms with E-state index < -0.39 is 0 Å². The molecule has 5 nitrogen and oxygen atoms in total. The lowest BCUT2D eigenvalue weighted by Crippen LogP contribution is -2.37. The summed E-state index contributed by atoms with van der Waals surface area (Å²) in [5, 5.41) is 0.508. The highest BCUT2D eigenvalue weighted by molar-refractivity contribution is 5.74. The molecule has 2 heterocycles. The Bertz CT molecular complexity index is 767. The number of aryl methyl sites for hydroxylation is 1. The second-order valence-corrected chi connectivity index (χ2v) is 5.65. The van der Waals surface area contributed by atoms with E-state index in [0.29, 0.717) is 17.0 Å². The van der Waals surface area contributed by atoms with E-state index in [2.05, 4.69) is 4.98 Å². The zero-order valence-corrected chi connectivity index (χ0v) is 11.9. The first kappa shape index (κ1) is 13.1. The molecule has 0 amide bonds. The predicted octanol–water partition coefficient (Wildman–Crippen LogP) is 1.68. The normalized spacial score (nSPS) is 16.7. The highest BCUT2D eigenvalue weighted by Crippen LogP contribution is 2.31. The Labute approximate surface area is 116 Å². The SMILES string of the molecule is Cn1c(=O)c2ccc(C3CCCCC3)nc2n(C)c1=O. The molecule has 0 N–H and O–H groups in total. The Hall–Kier alpha value is -1.91. The van der Waals surface area contributed by atoms with Crippen LogP contribution in [-0.2, 0) is 14.1 Å². The Balaban J connectivity index is 2.20. The highest BCUT2D eigenvalue weighted by atomic mass is 16.2. The Kier molecular flexibility index (Phi) is 3.20. The van der Waals surface area contributed by atoms with Gasteiger partial charge in [-0.1, -0.05) is 19.3 Å². The van der Waals surface area contributed by atoms with Gasteiger partial charge in [-0.05, 0) is 25.0 Å². The monoisotopic (exact) mass is 273 g/mol. The first-order chi connectivity index (χ1) is 9.59. The molecule has 0 unspecified atom stereocenters. The van der Waals surface area contributed by atoms with Crippen LogP contribution in [0.15, 0.2) is 21.7 Å². The van der Waals surface area contributed by atoms with Gasteiger partial charge in [-0.15, -0.1) is 0 Å². The van der Waals surface area contributed by atoms with E-state index in [9.17, 15) is 9.59 Å². The molecule has 0 aromatic carbocycles. The fourth-order valence-corrected chi connectivity index (χ4v) is 3.09. The third-order valence-corrected chi connectivity index (χ3v) is 4.35. The first-order valence-electron chi connectivity index (χ1n) is 7.16. The molecule has 2 aromatic heterocycles. The van der Waals surface area contributed by atoms with Gasteiger partial charge in [0.25, 0.3) is 5.56 Å². The summed E-state index contributed by atoms with van der Waals surface area (Å²) >= 11 is 0. The van der Waals surface area contributed by atoms with Crippen molar-refractivity contribution in [2.75, 3.05) is 0 Å². The summed E-state index contributed by atoms with van der Waals surface area (Å²) in [7, 11) is 3.17. The number of nitrogens with zero attached hydrogens (tertiary/aromatic N) is 3. The number of fused-ring (bicyclic) bond motifs is 1.